The summed E-state index contributed by atoms with van der Waals surface area (Å²) in [5, 5.41) is 3.15. The average Bonchev–Trinajstić information content (AvgIpc) is 1.69. The van der Waals surface area contributed by atoms with Gasteiger partial charge in [0.2, 0.25) is 0 Å². The second kappa shape index (κ2) is 2.55. The van der Waals surface area contributed by atoms with Crippen LogP contribution in [0.5, 0.6) is 0 Å². The van der Waals surface area contributed by atoms with E-state index in [1.165, 1.54) is 6.42 Å². The molecule has 0 aliphatic carbocycles. The van der Waals surface area contributed by atoms with Crippen molar-refractivity contribution in [2.24, 2.45) is 0 Å². The van der Waals surface area contributed by atoms with Crippen LogP contribution in [0.25, 0.3) is 0 Å². The number of hydrogen-bond acceptors (Lipinski definition) is 1. The molecule has 0 spiro atoms. The number of halogens is 1. The first kappa shape index (κ1) is 5.41. The van der Waals surface area contributed by atoms with Crippen molar-refractivity contribution in [3.8, 4) is 0 Å². The van der Waals surface area contributed by atoms with Crippen molar-refractivity contribution in [2.45, 2.75) is 10.3 Å². The van der Waals surface area contributed by atoms with Crippen molar-refractivity contribution in [3.63, 3.8) is 0 Å². The predicted octanol–water partition coefficient (Wildman–Crippen LogP) is 1.30. The zero-order valence-corrected chi connectivity index (χ0v) is 6.18. The Morgan fingerprint density at radius 1 is 1.71 bits per heavy atom. The highest BCUT2D eigenvalue weighted by Gasteiger charge is 2.01. The molecule has 1 aliphatic heterocycles. The average molecular weight is 209 g/mol. The van der Waals surface area contributed by atoms with Crippen molar-refractivity contribution in [2.75, 3.05) is 6.54 Å². The van der Waals surface area contributed by atoms with Gasteiger partial charge in [0.25, 0.3) is 0 Å². The van der Waals surface area contributed by atoms with Gasteiger partial charge in [0, 0.05) is 10.5 Å². The summed E-state index contributed by atoms with van der Waals surface area (Å²) in [6.07, 6.45) is 5.42. The minimum absolute atomic E-state index is 0.808. The van der Waals surface area contributed by atoms with Crippen LogP contribution in [0, 0.1) is 0 Å². The molecule has 0 bridgehead atoms. The van der Waals surface area contributed by atoms with Crippen molar-refractivity contribution >= 4 is 22.6 Å². The van der Waals surface area contributed by atoms with Gasteiger partial charge >= 0.3 is 0 Å². The number of allylic oxidation sites excluding steroid dienone is 1. The monoisotopic (exact) mass is 209 g/mol. The summed E-state index contributed by atoms with van der Waals surface area (Å²) in [5.74, 6) is 0. The van der Waals surface area contributed by atoms with E-state index < -0.39 is 0 Å². The van der Waals surface area contributed by atoms with E-state index in [9.17, 15) is 0 Å². The molecule has 0 aromatic rings. The molecule has 1 atom stereocenters. The number of alkyl halides is 1. The molecule has 0 amide bonds. The van der Waals surface area contributed by atoms with Gasteiger partial charge in [0.1, 0.15) is 0 Å². The van der Waals surface area contributed by atoms with Crippen LogP contribution in [0.1, 0.15) is 6.42 Å². The Balaban J connectivity index is 2.32. The summed E-state index contributed by atoms with van der Waals surface area (Å²) in [7, 11) is 0. The highest BCUT2D eigenvalue weighted by molar-refractivity contribution is 14.1. The van der Waals surface area contributed by atoms with E-state index >= 15 is 0 Å². The fourth-order valence-electron chi connectivity index (χ4n) is 0.578. The molecule has 0 fully saturated rings. The third-order valence-corrected chi connectivity index (χ3v) is 1.92. The van der Waals surface area contributed by atoms with Gasteiger partial charge in [-0.15, -0.1) is 0 Å². The van der Waals surface area contributed by atoms with Crippen LogP contribution in [0.3, 0.4) is 0 Å². The van der Waals surface area contributed by atoms with Gasteiger partial charge < -0.3 is 5.32 Å². The van der Waals surface area contributed by atoms with Gasteiger partial charge in [-0.1, -0.05) is 28.7 Å². The normalized spacial score (nSPS) is 29.6. The molecule has 0 aromatic carbocycles. The van der Waals surface area contributed by atoms with E-state index in [0.717, 1.165) is 10.5 Å². The molecule has 1 heterocycles. The first-order chi connectivity index (χ1) is 3.39. The molecule has 40 valence electrons. The zero-order chi connectivity index (χ0) is 5.11. The summed E-state index contributed by atoms with van der Waals surface area (Å²) in [6, 6.07) is 0. The van der Waals surface area contributed by atoms with Crippen LogP contribution in [-0.2, 0) is 0 Å². The van der Waals surface area contributed by atoms with Gasteiger partial charge in [-0.25, -0.2) is 0 Å². The summed E-state index contributed by atoms with van der Waals surface area (Å²) >= 11 is 2.44. The Hall–Kier alpha value is 0.270. The van der Waals surface area contributed by atoms with E-state index in [1.807, 2.05) is 6.20 Å². The molecule has 1 N–H and O–H groups in total. The van der Waals surface area contributed by atoms with E-state index in [2.05, 4.69) is 34.0 Å². The maximum atomic E-state index is 3.15. The maximum absolute atomic E-state index is 3.15. The van der Waals surface area contributed by atoms with Crippen molar-refractivity contribution < 1.29 is 0 Å². The van der Waals surface area contributed by atoms with Crippen LogP contribution < -0.4 is 5.32 Å². The molecular weight excluding hydrogens is 201 g/mol. The fourth-order valence-corrected chi connectivity index (χ4v) is 1.13. The molecule has 2 heteroatoms. The number of rotatable bonds is 0. The Morgan fingerprint density at radius 3 is 2.86 bits per heavy atom. The van der Waals surface area contributed by atoms with Gasteiger partial charge in [0.15, 0.2) is 0 Å². The number of hydrogen-bond donors (Lipinski definition) is 1. The van der Waals surface area contributed by atoms with Crippen molar-refractivity contribution in [1.29, 1.82) is 0 Å². The lowest BCUT2D eigenvalue weighted by atomic mass is 10.2. The van der Waals surface area contributed by atoms with Gasteiger partial charge in [-0.05, 0) is 12.6 Å². The fraction of sp³-hybridized carbons (Fsp3) is 0.600. The maximum Gasteiger partial charge on any atom is 0.0317 e. The largest absolute Gasteiger partial charge is 0.390 e. The second-order valence-electron chi connectivity index (χ2n) is 1.64. The Kier molecular flexibility index (Phi) is 1.97. The molecule has 1 nitrogen and oxygen atoms in total. The van der Waals surface area contributed by atoms with E-state index in [0.29, 0.717) is 0 Å². The van der Waals surface area contributed by atoms with Crippen LogP contribution in [0.15, 0.2) is 12.3 Å². The van der Waals surface area contributed by atoms with Crippen molar-refractivity contribution in [1.82, 2.24) is 5.32 Å². The summed E-state index contributed by atoms with van der Waals surface area (Å²) in [5.41, 5.74) is 0. The van der Waals surface area contributed by atoms with Crippen LogP contribution >= 0.6 is 22.6 Å². The summed E-state index contributed by atoms with van der Waals surface area (Å²) in [6.45, 7) is 1.14. The number of nitrogens with one attached hydrogen (secondary N) is 1. The van der Waals surface area contributed by atoms with Crippen LogP contribution in [-0.4, -0.2) is 10.5 Å². The standard InChI is InChI=1S/C5H8IN/c6-5-2-1-3-7-4-5/h1,3,5,7H,2,4H2. The lowest BCUT2D eigenvalue weighted by molar-refractivity contribution is 0.764. The minimum Gasteiger partial charge on any atom is -0.390 e. The summed E-state index contributed by atoms with van der Waals surface area (Å²) in [4.78, 5) is 0. The second-order valence-corrected chi connectivity index (χ2v) is 3.41. The Morgan fingerprint density at radius 2 is 2.57 bits per heavy atom. The topological polar surface area (TPSA) is 12.0 Å². The van der Waals surface area contributed by atoms with Crippen LogP contribution in [0.4, 0.5) is 0 Å². The molecular formula is C5H8IN. The zero-order valence-electron chi connectivity index (χ0n) is 4.02. The lowest BCUT2D eigenvalue weighted by Crippen LogP contribution is -2.20. The third kappa shape index (κ3) is 1.67. The molecule has 1 aliphatic rings. The summed E-state index contributed by atoms with van der Waals surface area (Å²) < 4.78 is 0.808. The van der Waals surface area contributed by atoms with Crippen LogP contribution in [0.2, 0.25) is 0 Å². The van der Waals surface area contributed by atoms with Crippen molar-refractivity contribution in [3.05, 3.63) is 12.3 Å². The molecule has 1 rings (SSSR count). The lowest BCUT2D eigenvalue weighted by Gasteiger charge is -2.10. The smallest absolute Gasteiger partial charge is 0.0317 e. The van der Waals surface area contributed by atoms with E-state index in [-0.39, 0.29) is 0 Å². The molecule has 1 unspecified atom stereocenters. The molecule has 0 saturated carbocycles. The molecule has 0 radical (unpaired) electrons. The minimum atomic E-state index is 0.808. The molecule has 0 saturated heterocycles. The Bertz CT molecular complexity index is 80.1. The van der Waals surface area contributed by atoms with Gasteiger partial charge in [-0.2, -0.15) is 0 Å². The van der Waals surface area contributed by atoms with E-state index in [1.54, 1.807) is 0 Å². The highest BCUT2D eigenvalue weighted by atomic mass is 127. The van der Waals surface area contributed by atoms with E-state index in [4.69, 9.17) is 0 Å². The highest BCUT2D eigenvalue weighted by Crippen LogP contribution is 2.07. The van der Waals surface area contributed by atoms with Gasteiger partial charge in [0.05, 0.1) is 0 Å². The Labute approximate surface area is 57.3 Å². The molecule has 7 heavy (non-hydrogen) atoms. The first-order valence-electron chi connectivity index (χ1n) is 2.42. The first-order valence-corrected chi connectivity index (χ1v) is 3.66. The SMILES string of the molecule is IC1CC=CNC1. The quantitative estimate of drug-likeness (QED) is 0.468. The predicted molar refractivity (Wildman–Crippen MR) is 39.6 cm³/mol. The van der Waals surface area contributed by atoms with Gasteiger partial charge in [-0.3, -0.25) is 0 Å². The molecule has 0 aromatic heterocycles. The third-order valence-electron chi connectivity index (χ3n) is 0.967.